The first kappa shape index (κ1) is 30.7. The van der Waals surface area contributed by atoms with Crippen LogP contribution in [0, 0.1) is 5.92 Å². The van der Waals surface area contributed by atoms with E-state index in [-0.39, 0.29) is 30.1 Å². The average Bonchev–Trinajstić information content (AvgIpc) is 3.62. The Balaban J connectivity index is 1.47. The van der Waals surface area contributed by atoms with Crippen molar-refractivity contribution in [1.82, 2.24) is 39.8 Å². The number of imidazole rings is 1. The van der Waals surface area contributed by atoms with Gasteiger partial charge in [-0.15, -0.1) is 0 Å². The van der Waals surface area contributed by atoms with Gasteiger partial charge in [0.15, 0.2) is 5.82 Å². The maximum atomic E-state index is 14.0. The normalized spacial score (nSPS) is 18.3. The fraction of sp³-hybridized carbons (Fsp3) is 0.394. The van der Waals surface area contributed by atoms with E-state index in [0.717, 1.165) is 11.1 Å². The van der Waals surface area contributed by atoms with Crippen LogP contribution in [0.2, 0.25) is 0 Å². The number of rotatable bonds is 5. The second-order valence-electron chi connectivity index (χ2n) is 11.7. The van der Waals surface area contributed by atoms with Crippen LogP contribution in [0.4, 0.5) is 0 Å². The smallest absolute Gasteiger partial charge is 0.272 e. The van der Waals surface area contributed by atoms with E-state index in [2.05, 4.69) is 15.6 Å². The van der Waals surface area contributed by atoms with E-state index in [1.54, 1.807) is 20.3 Å². The van der Waals surface area contributed by atoms with Gasteiger partial charge in [0, 0.05) is 37.7 Å². The van der Waals surface area contributed by atoms with Gasteiger partial charge < -0.3 is 20.1 Å². The Morgan fingerprint density at radius 2 is 1.64 bits per heavy atom. The largest absolute Gasteiger partial charge is 0.345 e. The van der Waals surface area contributed by atoms with Gasteiger partial charge in [-0.25, -0.2) is 14.6 Å². The number of carbonyl (C=O) groups is 3. The summed E-state index contributed by atoms with van der Waals surface area (Å²) < 4.78 is 3.58. The highest BCUT2D eigenvalue weighted by atomic mass is 16.2. The summed E-state index contributed by atoms with van der Waals surface area (Å²) in [5.41, 5.74) is 2.22. The number of fused-ring (bicyclic) bond motifs is 1. The topological polar surface area (TPSA) is 127 Å². The third-order valence-electron chi connectivity index (χ3n) is 7.78. The highest BCUT2D eigenvalue weighted by Gasteiger charge is 2.28. The monoisotopic (exact) mass is 596 g/mol. The molecular formula is C33H40N8O3. The molecule has 2 atom stereocenters. The van der Waals surface area contributed by atoms with Crippen molar-refractivity contribution >= 4 is 17.7 Å². The molecule has 0 spiro atoms. The van der Waals surface area contributed by atoms with Crippen LogP contribution in [0.1, 0.15) is 62.4 Å². The molecule has 0 bridgehead atoms. The summed E-state index contributed by atoms with van der Waals surface area (Å²) in [6.07, 6.45) is 2.73. The van der Waals surface area contributed by atoms with Crippen molar-refractivity contribution in [3.63, 3.8) is 0 Å². The zero-order valence-electron chi connectivity index (χ0n) is 25.7. The van der Waals surface area contributed by atoms with Gasteiger partial charge in [-0.2, -0.15) is 5.10 Å². The van der Waals surface area contributed by atoms with Crippen LogP contribution in [0.25, 0.3) is 22.8 Å². The molecule has 1 aliphatic rings. The number of nitrogens with one attached hydrogen (secondary N) is 2. The van der Waals surface area contributed by atoms with Gasteiger partial charge in [0.25, 0.3) is 5.91 Å². The molecule has 0 unspecified atom stereocenters. The van der Waals surface area contributed by atoms with Gasteiger partial charge in [-0.1, -0.05) is 74.5 Å². The molecule has 2 aromatic heterocycles. The molecular weight excluding hydrogens is 556 g/mol. The van der Waals surface area contributed by atoms with Crippen molar-refractivity contribution in [2.75, 3.05) is 13.1 Å². The van der Waals surface area contributed by atoms with Crippen LogP contribution in [0.5, 0.6) is 0 Å². The average molecular weight is 597 g/mol. The Kier molecular flexibility index (Phi) is 9.52. The van der Waals surface area contributed by atoms with E-state index >= 15 is 0 Å². The van der Waals surface area contributed by atoms with Crippen LogP contribution < -0.4 is 10.6 Å². The van der Waals surface area contributed by atoms with Crippen molar-refractivity contribution in [2.45, 2.75) is 58.7 Å². The van der Waals surface area contributed by atoms with E-state index in [4.69, 9.17) is 10.1 Å². The lowest BCUT2D eigenvalue weighted by Crippen LogP contribution is -2.48. The zero-order chi connectivity index (χ0) is 31.2. The first-order valence-corrected chi connectivity index (χ1v) is 15.2. The maximum Gasteiger partial charge on any atom is 0.272 e. The number of aromatic nitrogens is 5. The molecule has 5 rings (SSSR count). The molecule has 11 heteroatoms. The summed E-state index contributed by atoms with van der Waals surface area (Å²) in [5, 5.41) is 10.8. The Bertz CT molecular complexity index is 1600. The summed E-state index contributed by atoms with van der Waals surface area (Å²) >= 11 is 0. The highest BCUT2D eigenvalue weighted by molar-refractivity contribution is 5.93. The predicted molar refractivity (Wildman–Crippen MR) is 167 cm³/mol. The van der Waals surface area contributed by atoms with Crippen LogP contribution in [-0.4, -0.2) is 66.1 Å². The lowest BCUT2D eigenvalue weighted by atomic mass is 10.0. The molecule has 1 aliphatic heterocycles. The van der Waals surface area contributed by atoms with Crippen molar-refractivity contribution in [3.05, 3.63) is 78.4 Å². The number of nitrogens with zero attached hydrogens (tertiary/aromatic N) is 6. The molecule has 0 radical (unpaired) electrons. The standard InChI is InChI=1S/C33H40N8O3/c1-22(2)20-26-32(43)35-23(3)30-37-29(24-12-7-5-8-13-24)38-41(30)19-18-40(17-11-16-28(42)36-26)33(44)27-21-34-31(39(27)4)25-14-9-6-10-15-25/h5-10,12-15,21-23,26H,11,16-20H2,1-4H3,(H,35,43)(H,36,42)/t23-,26-/m1/s1. The van der Waals surface area contributed by atoms with Crippen molar-refractivity contribution in [3.8, 4) is 22.8 Å². The quantitative estimate of drug-likeness (QED) is 0.359. The fourth-order valence-electron chi connectivity index (χ4n) is 5.48. The number of hydrogen-bond acceptors (Lipinski definition) is 6. The molecule has 2 N–H and O–H groups in total. The third kappa shape index (κ3) is 7.04. The van der Waals surface area contributed by atoms with E-state index in [0.29, 0.717) is 55.6 Å². The molecule has 2 aromatic carbocycles. The van der Waals surface area contributed by atoms with E-state index < -0.39 is 12.1 Å². The van der Waals surface area contributed by atoms with Gasteiger partial charge in [-0.3, -0.25) is 14.4 Å². The third-order valence-corrected chi connectivity index (χ3v) is 7.78. The minimum Gasteiger partial charge on any atom is -0.345 e. The van der Waals surface area contributed by atoms with Crippen LogP contribution >= 0.6 is 0 Å². The van der Waals surface area contributed by atoms with Crippen LogP contribution in [-0.2, 0) is 23.2 Å². The molecule has 3 amide bonds. The number of carbonyl (C=O) groups excluding carboxylic acids is 3. The molecule has 4 aromatic rings. The second kappa shape index (κ2) is 13.7. The van der Waals surface area contributed by atoms with Gasteiger partial charge in [0.05, 0.1) is 18.8 Å². The van der Waals surface area contributed by atoms with Crippen LogP contribution in [0.15, 0.2) is 66.9 Å². The highest BCUT2D eigenvalue weighted by Crippen LogP contribution is 2.22. The molecule has 0 aliphatic carbocycles. The summed E-state index contributed by atoms with van der Waals surface area (Å²) in [4.78, 5) is 51.4. The lowest BCUT2D eigenvalue weighted by Gasteiger charge is -2.26. The lowest BCUT2D eigenvalue weighted by molar-refractivity contribution is -0.129. The first-order chi connectivity index (χ1) is 21.2. The number of benzene rings is 2. The molecule has 3 heterocycles. The Hall–Kier alpha value is -4.80. The summed E-state index contributed by atoms with van der Waals surface area (Å²) in [6, 6.07) is 18.2. The van der Waals surface area contributed by atoms with E-state index in [1.807, 2.05) is 88.5 Å². The summed E-state index contributed by atoms with van der Waals surface area (Å²) in [5.74, 6) is 1.35. The maximum absolute atomic E-state index is 14.0. The fourth-order valence-corrected chi connectivity index (χ4v) is 5.48. The summed E-state index contributed by atoms with van der Waals surface area (Å²) in [7, 11) is 1.83. The first-order valence-electron chi connectivity index (χ1n) is 15.2. The van der Waals surface area contributed by atoms with Gasteiger partial charge in [0.1, 0.15) is 23.4 Å². The number of hydrogen-bond donors (Lipinski definition) is 2. The molecule has 0 saturated heterocycles. The number of amides is 3. The van der Waals surface area contributed by atoms with Gasteiger partial charge in [-0.05, 0) is 25.7 Å². The van der Waals surface area contributed by atoms with E-state index in [1.165, 1.54) is 0 Å². The van der Waals surface area contributed by atoms with Gasteiger partial charge in [0.2, 0.25) is 11.8 Å². The molecule has 0 fully saturated rings. The minimum atomic E-state index is -0.679. The van der Waals surface area contributed by atoms with Crippen molar-refractivity contribution in [2.24, 2.45) is 13.0 Å². The Morgan fingerprint density at radius 1 is 0.955 bits per heavy atom. The SMILES string of the molecule is CC(C)C[C@H]1NC(=O)CCCN(C(=O)c2cnc(-c3ccccc3)n2C)CCn2nc(-c3ccccc3)nc2[C@@H](C)NC1=O. The zero-order valence-corrected chi connectivity index (χ0v) is 25.7. The van der Waals surface area contributed by atoms with Crippen LogP contribution in [0.3, 0.4) is 0 Å². The molecule has 44 heavy (non-hydrogen) atoms. The Morgan fingerprint density at radius 3 is 2.32 bits per heavy atom. The molecule has 11 nitrogen and oxygen atoms in total. The Labute approximate surface area is 257 Å². The molecule has 230 valence electrons. The second-order valence-corrected chi connectivity index (χ2v) is 11.7. The van der Waals surface area contributed by atoms with Crippen molar-refractivity contribution in [1.29, 1.82) is 0 Å². The minimum absolute atomic E-state index is 0.182. The predicted octanol–water partition coefficient (Wildman–Crippen LogP) is 3.99. The van der Waals surface area contributed by atoms with Gasteiger partial charge >= 0.3 is 0 Å². The van der Waals surface area contributed by atoms with E-state index in [9.17, 15) is 14.4 Å². The van der Waals surface area contributed by atoms with Crippen molar-refractivity contribution < 1.29 is 14.4 Å². The molecule has 0 saturated carbocycles. The summed E-state index contributed by atoms with van der Waals surface area (Å²) in [6.45, 7) is 6.92.